The Labute approximate surface area is 165 Å². The van der Waals surface area contributed by atoms with Gasteiger partial charge in [0.25, 0.3) is 5.91 Å². The summed E-state index contributed by atoms with van der Waals surface area (Å²) in [5, 5.41) is 0. The summed E-state index contributed by atoms with van der Waals surface area (Å²) in [7, 11) is 3.50. The predicted octanol–water partition coefficient (Wildman–Crippen LogP) is 2.69. The molecule has 6 nitrogen and oxygen atoms in total. The largest absolute Gasteiger partial charge is 0.383 e. The quantitative estimate of drug-likeness (QED) is 0.663. The number of methoxy groups -OCH3 is 1. The standard InChI is InChI=1S/C21H28FN3O3/c1-16(2)25(21(27)17-7-5-8-18(22)13-17)15-20(26)24(11-12-28-4)14-19-9-6-10-23(19)3/h5-10,13,16H,11-12,14-15H2,1-4H3. The van der Waals surface area contributed by atoms with Crippen molar-refractivity contribution in [1.82, 2.24) is 14.4 Å². The van der Waals surface area contributed by atoms with Gasteiger partial charge in [-0.1, -0.05) is 6.07 Å². The van der Waals surface area contributed by atoms with E-state index in [-0.39, 0.29) is 30.0 Å². The van der Waals surface area contributed by atoms with Crippen LogP contribution in [0.1, 0.15) is 29.9 Å². The minimum atomic E-state index is -0.480. The van der Waals surface area contributed by atoms with Gasteiger partial charge < -0.3 is 19.1 Å². The molecular weight excluding hydrogens is 361 g/mol. The number of hydrogen-bond donors (Lipinski definition) is 0. The summed E-state index contributed by atoms with van der Waals surface area (Å²) < 4.78 is 20.6. The zero-order valence-corrected chi connectivity index (χ0v) is 16.9. The number of benzene rings is 1. The molecule has 0 aliphatic rings. The molecule has 2 rings (SSSR count). The van der Waals surface area contributed by atoms with E-state index in [0.717, 1.165) is 5.69 Å². The summed E-state index contributed by atoms with van der Waals surface area (Å²) in [6.45, 7) is 4.82. The molecule has 1 aromatic carbocycles. The molecule has 0 atom stereocenters. The number of rotatable bonds is 9. The molecule has 7 heteroatoms. The summed E-state index contributed by atoms with van der Waals surface area (Å²) in [6, 6.07) is 9.18. The Morgan fingerprint density at radius 2 is 1.96 bits per heavy atom. The van der Waals surface area contributed by atoms with Crippen molar-refractivity contribution in [3.05, 3.63) is 59.7 Å². The molecule has 0 N–H and O–H groups in total. The Bertz CT molecular complexity index is 804. The highest BCUT2D eigenvalue weighted by Gasteiger charge is 2.25. The molecule has 0 saturated carbocycles. The first kappa shape index (κ1) is 21.6. The molecule has 2 amide bonds. The third-order valence-electron chi connectivity index (χ3n) is 4.58. The molecule has 0 aliphatic carbocycles. The van der Waals surface area contributed by atoms with Crippen LogP contribution < -0.4 is 0 Å². The molecule has 0 radical (unpaired) electrons. The summed E-state index contributed by atoms with van der Waals surface area (Å²) in [5.74, 6) is -1.03. The van der Waals surface area contributed by atoms with Gasteiger partial charge in [0.1, 0.15) is 12.4 Å². The SMILES string of the molecule is COCCN(Cc1cccn1C)C(=O)CN(C(=O)c1cccc(F)c1)C(C)C. The van der Waals surface area contributed by atoms with Crippen LogP contribution in [0.25, 0.3) is 0 Å². The maximum atomic E-state index is 13.5. The van der Waals surface area contributed by atoms with E-state index in [1.54, 1.807) is 18.1 Å². The number of carbonyl (C=O) groups is 2. The number of aromatic nitrogens is 1. The second-order valence-corrected chi connectivity index (χ2v) is 6.96. The molecule has 28 heavy (non-hydrogen) atoms. The lowest BCUT2D eigenvalue weighted by Crippen LogP contribution is -2.46. The van der Waals surface area contributed by atoms with Crippen LogP contribution in [-0.4, -0.2) is 59.0 Å². The molecule has 0 saturated heterocycles. The summed E-state index contributed by atoms with van der Waals surface area (Å²) in [5.41, 5.74) is 1.21. The number of nitrogens with zero attached hydrogens (tertiary/aromatic N) is 3. The average Bonchev–Trinajstić information content (AvgIpc) is 3.06. The molecule has 0 fully saturated rings. The maximum absolute atomic E-state index is 13.5. The van der Waals surface area contributed by atoms with Crippen molar-refractivity contribution in [3.63, 3.8) is 0 Å². The normalized spacial score (nSPS) is 10.9. The highest BCUT2D eigenvalue weighted by atomic mass is 19.1. The fourth-order valence-electron chi connectivity index (χ4n) is 2.87. The van der Waals surface area contributed by atoms with Gasteiger partial charge in [-0.05, 0) is 44.2 Å². The van der Waals surface area contributed by atoms with E-state index in [0.29, 0.717) is 19.7 Å². The highest BCUT2D eigenvalue weighted by molar-refractivity contribution is 5.96. The van der Waals surface area contributed by atoms with E-state index in [9.17, 15) is 14.0 Å². The minimum Gasteiger partial charge on any atom is -0.383 e. The van der Waals surface area contributed by atoms with Crippen LogP contribution in [0.3, 0.4) is 0 Å². The van der Waals surface area contributed by atoms with E-state index >= 15 is 0 Å². The van der Waals surface area contributed by atoms with Gasteiger partial charge in [-0.25, -0.2) is 4.39 Å². The fraction of sp³-hybridized carbons (Fsp3) is 0.429. The predicted molar refractivity (Wildman–Crippen MR) is 105 cm³/mol. The van der Waals surface area contributed by atoms with Gasteiger partial charge in [0.05, 0.1) is 13.2 Å². The van der Waals surface area contributed by atoms with E-state index < -0.39 is 5.82 Å². The number of hydrogen-bond acceptors (Lipinski definition) is 3. The fourth-order valence-corrected chi connectivity index (χ4v) is 2.87. The van der Waals surface area contributed by atoms with Crippen LogP contribution in [0.15, 0.2) is 42.6 Å². The van der Waals surface area contributed by atoms with Gasteiger partial charge in [0, 0.05) is 44.2 Å². The van der Waals surface area contributed by atoms with Crippen molar-refractivity contribution in [3.8, 4) is 0 Å². The van der Waals surface area contributed by atoms with Gasteiger partial charge in [-0.3, -0.25) is 9.59 Å². The van der Waals surface area contributed by atoms with Crippen molar-refractivity contribution in [1.29, 1.82) is 0 Å². The molecular formula is C21H28FN3O3. The third kappa shape index (κ3) is 5.66. The van der Waals surface area contributed by atoms with E-state index in [2.05, 4.69) is 0 Å². The first-order valence-corrected chi connectivity index (χ1v) is 9.27. The molecule has 1 heterocycles. The summed E-state index contributed by atoms with van der Waals surface area (Å²) in [6.07, 6.45) is 1.92. The average molecular weight is 389 g/mol. The van der Waals surface area contributed by atoms with Crippen molar-refractivity contribution in [2.45, 2.75) is 26.4 Å². The second-order valence-electron chi connectivity index (χ2n) is 6.96. The first-order chi connectivity index (χ1) is 13.3. The van der Waals surface area contributed by atoms with Gasteiger partial charge in [-0.2, -0.15) is 0 Å². The highest BCUT2D eigenvalue weighted by Crippen LogP contribution is 2.12. The first-order valence-electron chi connectivity index (χ1n) is 9.27. The maximum Gasteiger partial charge on any atom is 0.254 e. The van der Waals surface area contributed by atoms with Crippen LogP contribution in [0.5, 0.6) is 0 Å². The van der Waals surface area contributed by atoms with Gasteiger partial charge in [0.2, 0.25) is 5.91 Å². The van der Waals surface area contributed by atoms with Crippen molar-refractivity contribution >= 4 is 11.8 Å². The smallest absolute Gasteiger partial charge is 0.254 e. The lowest BCUT2D eigenvalue weighted by atomic mass is 10.1. The zero-order valence-electron chi connectivity index (χ0n) is 16.9. The van der Waals surface area contributed by atoms with Crippen molar-refractivity contribution < 1.29 is 18.7 Å². The summed E-state index contributed by atoms with van der Waals surface area (Å²) >= 11 is 0. The molecule has 0 unspecified atom stereocenters. The van der Waals surface area contributed by atoms with Gasteiger partial charge in [-0.15, -0.1) is 0 Å². The molecule has 0 spiro atoms. The van der Waals surface area contributed by atoms with Crippen LogP contribution in [0.2, 0.25) is 0 Å². The Balaban J connectivity index is 2.17. The van der Waals surface area contributed by atoms with Crippen LogP contribution >= 0.6 is 0 Å². The third-order valence-corrected chi connectivity index (χ3v) is 4.58. The number of carbonyl (C=O) groups excluding carboxylic acids is 2. The van der Waals surface area contributed by atoms with E-state index in [1.807, 2.05) is 43.8 Å². The Morgan fingerprint density at radius 3 is 2.54 bits per heavy atom. The molecule has 1 aromatic heterocycles. The van der Waals surface area contributed by atoms with Gasteiger partial charge >= 0.3 is 0 Å². The number of amides is 2. The van der Waals surface area contributed by atoms with Crippen LogP contribution in [-0.2, 0) is 23.1 Å². The second kappa shape index (κ2) is 10.0. The van der Waals surface area contributed by atoms with Crippen LogP contribution in [0, 0.1) is 5.82 Å². The molecule has 152 valence electrons. The molecule has 2 aromatic rings. The van der Waals surface area contributed by atoms with E-state index in [4.69, 9.17) is 4.74 Å². The van der Waals surface area contributed by atoms with Gasteiger partial charge in [0.15, 0.2) is 0 Å². The topological polar surface area (TPSA) is 54.8 Å². The van der Waals surface area contributed by atoms with Crippen molar-refractivity contribution in [2.24, 2.45) is 7.05 Å². The zero-order chi connectivity index (χ0) is 20.7. The molecule has 0 aliphatic heterocycles. The minimum absolute atomic E-state index is 0.0822. The Kier molecular flexibility index (Phi) is 7.75. The number of ether oxygens (including phenoxy) is 1. The van der Waals surface area contributed by atoms with Crippen LogP contribution in [0.4, 0.5) is 4.39 Å². The van der Waals surface area contributed by atoms with E-state index in [1.165, 1.54) is 23.1 Å². The Hall–Kier alpha value is -2.67. The number of aryl methyl sites for hydroxylation is 1. The molecule has 0 bridgehead atoms. The summed E-state index contributed by atoms with van der Waals surface area (Å²) in [4.78, 5) is 29.0. The lowest BCUT2D eigenvalue weighted by molar-refractivity contribution is -0.133. The monoisotopic (exact) mass is 389 g/mol. The number of halogens is 1. The Morgan fingerprint density at radius 1 is 1.21 bits per heavy atom. The lowest BCUT2D eigenvalue weighted by Gasteiger charge is -2.30. The van der Waals surface area contributed by atoms with Crippen molar-refractivity contribution in [2.75, 3.05) is 26.8 Å².